The molecule has 2 aromatic heterocycles. The molecular weight excluding hydrogens is 402 g/mol. The first-order chi connectivity index (χ1) is 15.2. The number of piperidine rings is 1. The van der Waals surface area contributed by atoms with Crippen LogP contribution in [-0.2, 0) is 6.54 Å². The van der Waals surface area contributed by atoms with Crippen LogP contribution in [0.5, 0.6) is 0 Å². The maximum Gasteiger partial charge on any atom is 0.271 e. The van der Waals surface area contributed by atoms with E-state index in [1.54, 1.807) is 0 Å². The van der Waals surface area contributed by atoms with Crippen molar-refractivity contribution in [2.45, 2.75) is 32.7 Å². The lowest BCUT2D eigenvalue weighted by atomic mass is 9.99. The molecule has 0 amide bonds. The average Bonchev–Trinajstić information content (AvgIpc) is 3.29. The smallest absolute Gasteiger partial charge is 0.271 e. The van der Waals surface area contributed by atoms with Crippen LogP contribution in [0.1, 0.15) is 24.8 Å². The van der Waals surface area contributed by atoms with Gasteiger partial charge in [0.2, 0.25) is 0 Å². The van der Waals surface area contributed by atoms with Crippen LogP contribution < -0.4 is 5.56 Å². The van der Waals surface area contributed by atoms with E-state index in [1.165, 1.54) is 47.3 Å². The molecule has 158 valence electrons. The first kappa shape index (κ1) is 20.2. The minimum Gasteiger partial charge on any atom is -0.302 e. The van der Waals surface area contributed by atoms with Crippen LogP contribution in [-0.4, -0.2) is 34.1 Å². The van der Waals surface area contributed by atoms with Gasteiger partial charge in [0.05, 0.1) is 5.52 Å². The Balaban J connectivity index is 1.52. The molecule has 0 spiro atoms. The summed E-state index contributed by atoms with van der Waals surface area (Å²) in [4.78, 5) is 20.7. The van der Waals surface area contributed by atoms with Crippen molar-refractivity contribution in [3.05, 3.63) is 75.9 Å². The van der Waals surface area contributed by atoms with Gasteiger partial charge in [-0.2, -0.15) is 0 Å². The third-order valence-corrected chi connectivity index (χ3v) is 7.15. The van der Waals surface area contributed by atoms with E-state index in [9.17, 15) is 4.79 Å². The summed E-state index contributed by atoms with van der Waals surface area (Å²) in [5, 5.41) is 1.96. The maximum absolute atomic E-state index is 13.3. The van der Waals surface area contributed by atoms with E-state index in [4.69, 9.17) is 4.98 Å². The summed E-state index contributed by atoms with van der Waals surface area (Å²) in [6.45, 7) is 5.96. The van der Waals surface area contributed by atoms with Gasteiger partial charge in [0, 0.05) is 18.7 Å². The third-order valence-electron chi connectivity index (χ3n) is 6.25. The first-order valence-electron chi connectivity index (χ1n) is 11.1. The molecule has 4 aromatic rings. The Kier molecular flexibility index (Phi) is 5.70. The number of aryl methyl sites for hydroxylation is 1. The van der Waals surface area contributed by atoms with Crippen molar-refractivity contribution in [2.75, 3.05) is 19.6 Å². The number of likely N-dealkylation sites (tertiary alicyclic amines) is 1. The molecule has 0 aliphatic carbocycles. The van der Waals surface area contributed by atoms with Crippen molar-refractivity contribution in [1.82, 2.24) is 14.5 Å². The van der Waals surface area contributed by atoms with E-state index in [0.29, 0.717) is 6.54 Å². The van der Waals surface area contributed by atoms with Crippen LogP contribution in [0.3, 0.4) is 0 Å². The second kappa shape index (κ2) is 8.77. The summed E-state index contributed by atoms with van der Waals surface area (Å²) in [6, 6.07) is 18.8. The van der Waals surface area contributed by atoms with E-state index in [-0.39, 0.29) is 5.56 Å². The zero-order valence-corrected chi connectivity index (χ0v) is 18.7. The summed E-state index contributed by atoms with van der Waals surface area (Å²) < 4.78 is 2.63. The molecule has 1 fully saturated rings. The van der Waals surface area contributed by atoms with Gasteiger partial charge < -0.3 is 4.90 Å². The van der Waals surface area contributed by atoms with E-state index in [0.717, 1.165) is 41.2 Å². The van der Waals surface area contributed by atoms with Crippen molar-refractivity contribution < 1.29 is 0 Å². The highest BCUT2D eigenvalue weighted by Gasteiger charge is 2.16. The van der Waals surface area contributed by atoms with Crippen LogP contribution in [0.4, 0.5) is 0 Å². The molecular formula is C26H27N3OS. The van der Waals surface area contributed by atoms with Crippen LogP contribution in [0, 0.1) is 6.92 Å². The first-order valence-corrected chi connectivity index (χ1v) is 12.0. The molecule has 1 aliphatic rings. The van der Waals surface area contributed by atoms with Crippen molar-refractivity contribution in [2.24, 2.45) is 0 Å². The Hall–Kier alpha value is -2.76. The highest BCUT2D eigenvalue weighted by Crippen LogP contribution is 2.27. The zero-order chi connectivity index (χ0) is 21.2. The van der Waals surface area contributed by atoms with Gasteiger partial charge in [-0.3, -0.25) is 9.36 Å². The monoisotopic (exact) mass is 429 g/mol. The molecule has 31 heavy (non-hydrogen) atoms. The van der Waals surface area contributed by atoms with Crippen LogP contribution in [0.15, 0.2) is 64.8 Å². The fourth-order valence-corrected chi connectivity index (χ4v) is 5.27. The van der Waals surface area contributed by atoms with E-state index in [1.807, 2.05) is 16.0 Å². The predicted molar refractivity (Wildman–Crippen MR) is 130 cm³/mol. The Bertz CT molecular complexity index is 1250. The van der Waals surface area contributed by atoms with Gasteiger partial charge in [0.25, 0.3) is 5.56 Å². The van der Waals surface area contributed by atoms with Crippen molar-refractivity contribution >= 4 is 21.6 Å². The fraction of sp³-hybridized carbons (Fsp3) is 0.308. The molecule has 0 radical (unpaired) electrons. The number of nitrogens with zero attached hydrogens (tertiary/aromatic N) is 3. The molecule has 0 atom stereocenters. The average molecular weight is 430 g/mol. The Morgan fingerprint density at radius 2 is 1.65 bits per heavy atom. The Morgan fingerprint density at radius 3 is 2.42 bits per heavy atom. The number of aromatic nitrogens is 2. The number of thiophene rings is 1. The number of hydrogen-bond acceptors (Lipinski definition) is 4. The van der Waals surface area contributed by atoms with Crippen LogP contribution in [0.2, 0.25) is 0 Å². The molecule has 0 unspecified atom stereocenters. The lowest BCUT2D eigenvalue weighted by molar-refractivity contribution is 0.220. The fourth-order valence-electron chi connectivity index (χ4n) is 4.49. The number of hydrogen-bond donors (Lipinski definition) is 0. The molecule has 5 rings (SSSR count). The number of fused-ring (bicyclic) bond motifs is 1. The molecule has 0 N–H and O–H groups in total. The molecule has 2 aromatic carbocycles. The highest BCUT2D eigenvalue weighted by atomic mass is 32.1. The maximum atomic E-state index is 13.3. The minimum atomic E-state index is 0.0787. The van der Waals surface area contributed by atoms with Gasteiger partial charge >= 0.3 is 0 Å². The van der Waals surface area contributed by atoms with Crippen LogP contribution in [0.25, 0.3) is 32.7 Å². The van der Waals surface area contributed by atoms with Gasteiger partial charge in [-0.25, -0.2) is 4.98 Å². The van der Waals surface area contributed by atoms with E-state index >= 15 is 0 Å². The summed E-state index contributed by atoms with van der Waals surface area (Å²) >= 11 is 1.49. The topological polar surface area (TPSA) is 38.1 Å². The summed E-state index contributed by atoms with van der Waals surface area (Å²) in [6.07, 6.45) is 3.83. The SMILES string of the molecule is Cc1ccccc1-c1ccc(-c2nc3ccsc3c(=O)n2CCN2CCCCC2)cc1. The Labute approximate surface area is 186 Å². The largest absolute Gasteiger partial charge is 0.302 e. The summed E-state index contributed by atoms with van der Waals surface area (Å²) in [7, 11) is 0. The van der Waals surface area contributed by atoms with Gasteiger partial charge in [0.15, 0.2) is 0 Å². The second-order valence-electron chi connectivity index (χ2n) is 8.32. The van der Waals surface area contributed by atoms with Crippen molar-refractivity contribution in [1.29, 1.82) is 0 Å². The van der Waals surface area contributed by atoms with E-state index in [2.05, 4.69) is 60.4 Å². The molecule has 1 aliphatic heterocycles. The quantitative estimate of drug-likeness (QED) is 0.415. The summed E-state index contributed by atoms with van der Waals surface area (Å²) in [5.74, 6) is 0.768. The molecule has 4 nitrogen and oxygen atoms in total. The lowest BCUT2D eigenvalue weighted by Crippen LogP contribution is -2.35. The van der Waals surface area contributed by atoms with Crippen molar-refractivity contribution in [3.63, 3.8) is 0 Å². The Morgan fingerprint density at radius 1 is 0.903 bits per heavy atom. The molecule has 0 saturated carbocycles. The highest BCUT2D eigenvalue weighted by molar-refractivity contribution is 7.17. The molecule has 3 heterocycles. The minimum absolute atomic E-state index is 0.0787. The van der Waals surface area contributed by atoms with Crippen LogP contribution >= 0.6 is 11.3 Å². The third kappa shape index (κ3) is 4.08. The van der Waals surface area contributed by atoms with Gasteiger partial charge in [0.1, 0.15) is 10.5 Å². The second-order valence-corrected chi connectivity index (χ2v) is 9.24. The normalized spacial score (nSPS) is 14.9. The van der Waals surface area contributed by atoms with Gasteiger partial charge in [-0.1, -0.05) is 55.0 Å². The van der Waals surface area contributed by atoms with Gasteiger partial charge in [-0.15, -0.1) is 11.3 Å². The van der Waals surface area contributed by atoms with E-state index < -0.39 is 0 Å². The molecule has 0 bridgehead atoms. The number of rotatable bonds is 5. The predicted octanol–water partition coefficient (Wildman–Crippen LogP) is 5.59. The zero-order valence-electron chi connectivity index (χ0n) is 17.9. The lowest BCUT2D eigenvalue weighted by Gasteiger charge is -2.27. The number of benzene rings is 2. The van der Waals surface area contributed by atoms with Crippen molar-refractivity contribution in [3.8, 4) is 22.5 Å². The standard InChI is InChI=1S/C26H27N3OS/c1-19-7-3-4-8-22(19)20-9-11-21(12-10-20)25-27-23-13-18-31-24(23)26(30)29(25)17-16-28-14-5-2-6-15-28/h3-4,7-13,18H,2,5-6,14-17H2,1H3. The molecule has 5 heteroatoms. The van der Waals surface area contributed by atoms with Gasteiger partial charge in [-0.05, 0) is 61.0 Å². The summed E-state index contributed by atoms with van der Waals surface area (Å²) in [5.41, 5.74) is 5.53. The molecule has 1 saturated heterocycles.